The zero-order valence-electron chi connectivity index (χ0n) is 16.3. The van der Waals surface area contributed by atoms with Gasteiger partial charge in [-0.2, -0.15) is 0 Å². The van der Waals surface area contributed by atoms with E-state index in [1.165, 1.54) is 5.56 Å². The maximum absolute atomic E-state index is 13.2. The Balaban J connectivity index is 1.81. The fourth-order valence-corrected chi connectivity index (χ4v) is 4.11. The summed E-state index contributed by atoms with van der Waals surface area (Å²) in [7, 11) is 1.95. The summed E-state index contributed by atoms with van der Waals surface area (Å²) in [5.41, 5.74) is 4.91. The van der Waals surface area contributed by atoms with Crippen LogP contribution in [0.1, 0.15) is 35.8 Å². The standard InChI is InChI=1S/C23H25ClN2O2/c1-3-15-6-11-20-19(13-15)21(16-7-9-17(24)10-8-16)22(26(20)2)23(27)25-14-18-5-4-12-28-18/h6-11,13,18H,3-5,12,14H2,1-2H3,(H,25,27). The number of halogens is 1. The van der Waals surface area contributed by atoms with Crippen molar-refractivity contribution in [3.63, 3.8) is 0 Å². The molecule has 0 saturated carbocycles. The van der Waals surface area contributed by atoms with Crippen LogP contribution in [0.2, 0.25) is 5.02 Å². The smallest absolute Gasteiger partial charge is 0.268 e. The Bertz CT molecular complexity index is 1000. The lowest BCUT2D eigenvalue weighted by atomic mass is 9.99. The summed E-state index contributed by atoms with van der Waals surface area (Å²) in [6.07, 6.45) is 3.12. The fourth-order valence-electron chi connectivity index (χ4n) is 3.98. The van der Waals surface area contributed by atoms with E-state index >= 15 is 0 Å². The number of aromatic nitrogens is 1. The van der Waals surface area contributed by atoms with Gasteiger partial charge >= 0.3 is 0 Å². The van der Waals surface area contributed by atoms with Gasteiger partial charge in [-0.05, 0) is 54.7 Å². The van der Waals surface area contributed by atoms with Crippen LogP contribution >= 0.6 is 11.6 Å². The van der Waals surface area contributed by atoms with E-state index in [1.54, 1.807) is 0 Å². The van der Waals surface area contributed by atoms with Gasteiger partial charge in [-0.15, -0.1) is 0 Å². The highest BCUT2D eigenvalue weighted by Gasteiger charge is 2.24. The maximum Gasteiger partial charge on any atom is 0.268 e. The van der Waals surface area contributed by atoms with E-state index in [4.69, 9.17) is 16.3 Å². The lowest BCUT2D eigenvalue weighted by Crippen LogP contribution is -2.33. The van der Waals surface area contributed by atoms with Crippen molar-refractivity contribution in [2.75, 3.05) is 13.2 Å². The first-order chi connectivity index (χ1) is 13.6. The normalized spacial score (nSPS) is 16.6. The second-order valence-corrected chi connectivity index (χ2v) is 7.78. The minimum Gasteiger partial charge on any atom is -0.376 e. The molecule has 0 radical (unpaired) electrons. The van der Waals surface area contributed by atoms with Crippen LogP contribution in [-0.2, 0) is 18.2 Å². The third kappa shape index (κ3) is 3.54. The van der Waals surface area contributed by atoms with E-state index in [-0.39, 0.29) is 12.0 Å². The third-order valence-electron chi connectivity index (χ3n) is 5.53. The average molecular weight is 397 g/mol. The van der Waals surface area contributed by atoms with Gasteiger partial charge in [0.05, 0.1) is 6.10 Å². The molecule has 1 aromatic heterocycles. The molecule has 5 heteroatoms. The molecule has 4 nitrogen and oxygen atoms in total. The number of aryl methyl sites for hydroxylation is 2. The van der Waals surface area contributed by atoms with Gasteiger partial charge < -0.3 is 14.6 Å². The molecule has 1 aliphatic rings. The largest absolute Gasteiger partial charge is 0.376 e. The predicted octanol–water partition coefficient (Wildman–Crippen LogP) is 4.97. The van der Waals surface area contributed by atoms with Gasteiger partial charge in [0.2, 0.25) is 0 Å². The minimum atomic E-state index is -0.0720. The molecule has 4 rings (SSSR count). The van der Waals surface area contributed by atoms with E-state index < -0.39 is 0 Å². The van der Waals surface area contributed by atoms with Crippen LogP contribution in [0.15, 0.2) is 42.5 Å². The quantitative estimate of drug-likeness (QED) is 0.661. The van der Waals surface area contributed by atoms with Crippen molar-refractivity contribution < 1.29 is 9.53 Å². The molecule has 2 heterocycles. The zero-order valence-corrected chi connectivity index (χ0v) is 17.1. The first kappa shape index (κ1) is 19.0. The molecule has 1 unspecified atom stereocenters. The lowest BCUT2D eigenvalue weighted by molar-refractivity contribution is 0.0852. The molecule has 28 heavy (non-hydrogen) atoms. The van der Waals surface area contributed by atoms with Gasteiger partial charge in [0.1, 0.15) is 5.69 Å². The predicted molar refractivity (Wildman–Crippen MR) is 114 cm³/mol. The fraction of sp³-hybridized carbons (Fsp3) is 0.348. The number of carbonyl (C=O) groups is 1. The lowest BCUT2D eigenvalue weighted by Gasteiger charge is -2.13. The van der Waals surface area contributed by atoms with Crippen molar-refractivity contribution in [1.29, 1.82) is 0 Å². The number of benzene rings is 2. The topological polar surface area (TPSA) is 43.3 Å². The Labute approximate surface area is 170 Å². The Morgan fingerprint density at radius 1 is 1.25 bits per heavy atom. The summed E-state index contributed by atoms with van der Waals surface area (Å²) in [6.45, 7) is 3.46. The highest BCUT2D eigenvalue weighted by Crippen LogP contribution is 2.35. The zero-order chi connectivity index (χ0) is 19.7. The molecule has 1 N–H and O–H groups in total. The van der Waals surface area contributed by atoms with Crippen LogP contribution in [0.5, 0.6) is 0 Å². The Kier molecular flexibility index (Phi) is 5.42. The van der Waals surface area contributed by atoms with E-state index in [9.17, 15) is 4.79 Å². The number of carbonyl (C=O) groups excluding carboxylic acids is 1. The number of hydrogen-bond acceptors (Lipinski definition) is 2. The molecule has 3 aromatic rings. The van der Waals surface area contributed by atoms with Gasteiger partial charge in [0, 0.05) is 41.7 Å². The molecule has 0 aliphatic carbocycles. The Morgan fingerprint density at radius 3 is 2.71 bits per heavy atom. The number of rotatable bonds is 5. The van der Waals surface area contributed by atoms with Gasteiger partial charge in [0.25, 0.3) is 5.91 Å². The van der Waals surface area contributed by atoms with E-state index in [0.717, 1.165) is 47.9 Å². The van der Waals surface area contributed by atoms with Crippen LogP contribution in [0, 0.1) is 0 Å². The number of amides is 1. The maximum atomic E-state index is 13.2. The summed E-state index contributed by atoms with van der Waals surface area (Å²) in [4.78, 5) is 13.2. The minimum absolute atomic E-state index is 0.0720. The van der Waals surface area contributed by atoms with Crippen LogP contribution in [0.4, 0.5) is 0 Å². The average Bonchev–Trinajstić information content (AvgIpc) is 3.33. The molecule has 0 bridgehead atoms. The summed E-state index contributed by atoms with van der Waals surface area (Å²) in [5, 5.41) is 4.85. The van der Waals surface area contributed by atoms with Gasteiger partial charge in [-0.25, -0.2) is 0 Å². The number of fused-ring (bicyclic) bond motifs is 1. The second kappa shape index (κ2) is 7.98. The van der Waals surface area contributed by atoms with Crippen molar-refractivity contribution in [2.45, 2.75) is 32.3 Å². The second-order valence-electron chi connectivity index (χ2n) is 7.34. The number of nitrogens with zero attached hydrogens (tertiary/aromatic N) is 1. The summed E-state index contributed by atoms with van der Waals surface area (Å²) in [5.74, 6) is -0.0720. The molecular weight excluding hydrogens is 372 g/mol. The van der Waals surface area contributed by atoms with Gasteiger partial charge in [-0.1, -0.05) is 36.7 Å². The molecule has 1 fully saturated rings. The van der Waals surface area contributed by atoms with Crippen LogP contribution in [0.25, 0.3) is 22.0 Å². The van der Waals surface area contributed by atoms with Gasteiger partial charge in [-0.3, -0.25) is 4.79 Å². The number of hydrogen-bond donors (Lipinski definition) is 1. The molecule has 146 valence electrons. The summed E-state index contributed by atoms with van der Waals surface area (Å²) in [6, 6.07) is 14.1. The van der Waals surface area contributed by atoms with Crippen molar-refractivity contribution in [3.8, 4) is 11.1 Å². The highest BCUT2D eigenvalue weighted by molar-refractivity contribution is 6.30. The molecule has 2 aromatic carbocycles. The van der Waals surface area contributed by atoms with E-state index in [0.29, 0.717) is 17.3 Å². The molecular formula is C23H25ClN2O2. The first-order valence-corrected chi connectivity index (χ1v) is 10.2. The molecule has 0 spiro atoms. The third-order valence-corrected chi connectivity index (χ3v) is 5.79. The van der Waals surface area contributed by atoms with Gasteiger partial charge in [0.15, 0.2) is 0 Å². The molecule has 1 amide bonds. The van der Waals surface area contributed by atoms with E-state index in [2.05, 4.69) is 30.4 Å². The van der Waals surface area contributed by atoms with Crippen LogP contribution < -0.4 is 5.32 Å². The Hall–Kier alpha value is -2.30. The van der Waals surface area contributed by atoms with E-state index in [1.807, 2.05) is 35.9 Å². The summed E-state index contributed by atoms with van der Waals surface area (Å²) < 4.78 is 7.64. The first-order valence-electron chi connectivity index (χ1n) is 9.85. The van der Waals surface area contributed by atoms with Crippen LogP contribution in [-0.4, -0.2) is 29.7 Å². The summed E-state index contributed by atoms with van der Waals surface area (Å²) >= 11 is 6.10. The number of ether oxygens (including phenoxy) is 1. The van der Waals surface area contributed by atoms with Crippen molar-refractivity contribution >= 4 is 28.4 Å². The van der Waals surface area contributed by atoms with Crippen LogP contribution in [0.3, 0.4) is 0 Å². The SMILES string of the molecule is CCc1ccc2c(c1)c(-c1ccc(Cl)cc1)c(C(=O)NCC1CCCO1)n2C. The molecule has 1 atom stereocenters. The molecule has 1 aliphatic heterocycles. The highest BCUT2D eigenvalue weighted by atomic mass is 35.5. The number of nitrogens with one attached hydrogen (secondary N) is 1. The van der Waals surface area contributed by atoms with Crippen molar-refractivity contribution in [3.05, 3.63) is 58.7 Å². The monoisotopic (exact) mass is 396 g/mol. The Morgan fingerprint density at radius 2 is 2.04 bits per heavy atom. The molecule has 1 saturated heterocycles. The van der Waals surface area contributed by atoms with Crippen molar-refractivity contribution in [1.82, 2.24) is 9.88 Å². The van der Waals surface area contributed by atoms with Crippen molar-refractivity contribution in [2.24, 2.45) is 7.05 Å².